The zero-order chi connectivity index (χ0) is 13.1. The lowest BCUT2D eigenvalue weighted by Gasteiger charge is -2.10. The van der Waals surface area contributed by atoms with Crippen LogP contribution in [0.25, 0.3) is 0 Å². The van der Waals surface area contributed by atoms with E-state index in [0.29, 0.717) is 22.5 Å². The lowest BCUT2D eigenvalue weighted by atomic mass is 10.2. The van der Waals surface area contributed by atoms with Gasteiger partial charge in [0.2, 0.25) is 0 Å². The zero-order valence-electron chi connectivity index (χ0n) is 10.4. The van der Waals surface area contributed by atoms with Gasteiger partial charge in [-0.05, 0) is 24.6 Å². The van der Waals surface area contributed by atoms with Gasteiger partial charge in [0, 0.05) is 12.5 Å². The van der Waals surface area contributed by atoms with Crippen molar-refractivity contribution in [2.24, 2.45) is 0 Å². The van der Waals surface area contributed by atoms with Gasteiger partial charge in [0.15, 0.2) is 0 Å². The molecule has 5 heteroatoms. The predicted octanol–water partition coefficient (Wildman–Crippen LogP) is 3.33. The van der Waals surface area contributed by atoms with E-state index in [4.69, 9.17) is 17.3 Å². The molecule has 0 saturated carbocycles. The van der Waals surface area contributed by atoms with Crippen LogP contribution in [0.2, 0.25) is 5.02 Å². The molecule has 1 aromatic heterocycles. The smallest absolute Gasteiger partial charge is 0.136 e. The van der Waals surface area contributed by atoms with E-state index in [1.165, 1.54) is 0 Å². The molecule has 0 radical (unpaired) electrons. The van der Waals surface area contributed by atoms with Crippen molar-refractivity contribution < 1.29 is 0 Å². The summed E-state index contributed by atoms with van der Waals surface area (Å²) in [6.07, 6.45) is 0.737. The van der Waals surface area contributed by atoms with Crippen LogP contribution in [0.3, 0.4) is 0 Å². The fourth-order valence-electron chi connectivity index (χ4n) is 1.61. The molecule has 4 nitrogen and oxygen atoms in total. The molecule has 94 valence electrons. The Morgan fingerprint density at radius 1 is 1.28 bits per heavy atom. The average Bonchev–Trinajstić information content (AvgIpc) is 2.33. The number of aryl methyl sites for hydroxylation is 2. The predicted molar refractivity (Wildman–Crippen MR) is 75.3 cm³/mol. The number of rotatable bonds is 3. The first-order chi connectivity index (χ1) is 8.58. The highest BCUT2D eigenvalue weighted by Gasteiger charge is 2.05. The molecule has 1 aromatic carbocycles. The second-order valence-corrected chi connectivity index (χ2v) is 4.46. The minimum Gasteiger partial charge on any atom is -0.384 e. The van der Waals surface area contributed by atoms with Gasteiger partial charge in [0.25, 0.3) is 0 Å². The molecule has 0 aliphatic rings. The minimum atomic E-state index is 0.452. The number of hydrogen-bond donors (Lipinski definition) is 2. The quantitative estimate of drug-likeness (QED) is 0.891. The first kappa shape index (κ1) is 12.6. The summed E-state index contributed by atoms with van der Waals surface area (Å²) in [6, 6.07) is 7.47. The van der Waals surface area contributed by atoms with Crippen LogP contribution < -0.4 is 11.1 Å². The van der Waals surface area contributed by atoms with Crippen molar-refractivity contribution in [3.8, 4) is 0 Å². The summed E-state index contributed by atoms with van der Waals surface area (Å²) < 4.78 is 0. The summed E-state index contributed by atoms with van der Waals surface area (Å²) in [5.41, 5.74) is 7.67. The van der Waals surface area contributed by atoms with Gasteiger partial charge in [0.05, 0.1) is 10.7 Å². The fourth-order valence-corrected chi connectivity index (χ4v) is 1.78. The molecule has 0 amide bonds. The molecular formula is C13H15ClN4. The third-order valence-corrected chi connectivity index (χ3v) is 2.82. The SMILES string of the molecule is CCc1nc(N)cc(Nc2cc(C)ccc2Cl)n1. The summed E-state index contributed by atoms with van der Waals surface area (Å²) in [4.78, 5) is 8.48. The van der Waals surface area contributed by atoms with Crippen molar-refractivity contribution in [1.29, 1.82) is 0 Å². The van der Waals surface area contributed by atoms with Crippen molar-refractivity contribution in [2.75, 3.05) is 11.1 Å². The molecule has 0 aliphatic heterocycles. The summed E-state index contributed by atoms with van der Waals surface area (Å²) >= 11 is 6.12. The minimum absolute atomic E-state index is 0.452. The van der Waals surface area contributed by atoms with Crippen LogP contribution in [0, 0.1) is 6.92 Å². The van der Waals surface area contributed by atoms with Gasteiger partial charge in [-0.3, -0.25) is 0 Å². The third-order valence-electron chi connectivity index (χ3n) is 2.49. The number of nitrogens with two attached hydrogens (primary N) is 1. The molecule has 2 rings (SSSR count). The Kier molecular flexibility index (Phi) is 3.67. The Morgan fingerprint density at radius 3 is 2.78 bits per heavy atom. The van der Waals surface area contributed by atoms with Gasteiger partial charge in [-0.2, -0.15) is 0 Å². The molecule has 3 N–H and O–H groups in total. The lowest BCUT2D eigenvalue weighted by Crippen LogP contribution is -2.03. The molecule has 0 fully saturated rings. The van der Waals surface area contributed by atoms with Gasteiger partial charge < -0.3 is 11.1 Å². The highest BCUT2D eigenvalue weighted by Crippen LogP contribution is 2.26. The van der Waals surface area contributed by atoms with E-state index in [1.54, 1.807) is 6.07 Å². The van der Waals surface area contributed by atoms with E-state index in [-0.39, 0.29) is 0 Å². The Bertz CT molecular complexity index is 569. The fraction of sp³-hybridized carbons (Fsp3) is 0.231. The molecule has 1 heterocycles. The van der Waals surface area contributed by atoms with Crippen LogP contribution in [-0.4, -0.2) is 9.97 Å². The van der Waals surface area contributed by atoms with Crippen LogP contribution in [0.4, 0.5) is 17.3 Å². The van der Waals surface area contributed by atoms with E-state index in [2.05, 4.69) is 15.3 Å². The van der Waals surface area contributed by atoms with Gasteiger partial charge in [-0.25, -0.2) is 9.97 Å². The number of halogens is 1. The highest BCUT2D eigenvalue weighted by molar-refractivity contribution is 6.33. The normalized spacial score (nSPS) is 10.4. The third kappa shape index (κ3) is 2.90. The van der Waals surface area contributed by atoms with Crippen molar-refractivity contribution in [3.05, 3.63) is 40.7 Å². The number of nitrogens with one attached hydrogen (secondary N) is 1. The number of nitrogens with zero attached hydrogens (tertiary/aromatic N) is 2. The maximum absolute atomic E-state index is 6.12. The van der Waals surface area contributed by atoms with Gasteiger partial charge in [0.1, 0.15) is 17.5 Å². The van der Waals surface area contributed by atoms with E-state index < -0.39 is 0 Å². The molecule has 0 saturated heterocycles. The topological polar surface area (TPSA) is 63.8 Å². The van der Waals surface area contributed by atoms with Crippen molar-refractivity contribution >= 4 is 28.9 Å². The second-order valence-electron chi connectivity index (χ2n) is 4.06. The zero-order valence-corrected chi connectivity index (χ0v) is 11.1. The Morgan fingerprint density at radius 2 is 2.06 bits per heavy atom. The lowest BCUT2D eigenvalue weighted by molar-refractivity contribution is 0.948. The summed E-state index contributed by atoms with van der Waals surface area (Å²) in [6.45, 7) is 3.99. The standard InChI is InChI=1S/C13H15ClN4/c1-3-12-17-11(15)7-13(18-12)16-10-6-8(2)4-5-9(10)14/h4-7H,3H2,1-2H3,(H3,15,16,17,18). The monoisotopic (exact) mass is 262 g/mol. The summed E-state index contributed by atoms with van der Waals surface area (Å²) in [7, 11) is 0. The van der Waals surface area contributed by atoms with Crippen molar-refractivity contribution in [2.45, 2.75) is 20.3 Å². The second kappa shape index (κ2) is 5.23. The van der Waals surface area contributed by atoms with Crippen LogP contribution in [-0.2, 0) is 6.42 Å². The summed E-state index contributed by atoms with van der Waals surface area (Å²) in [5.74, 6) is 1.82. The molecule has 0 bridgehead atoms. The molecular weight excluding hydrogens is 248 g/mol. The molecule has 0 atom stereocenters. The van der Waals surface area contributed by atoms with Gasteiger partial charge >= 0.3 is 0 Å². The molecule has 2 aromatic rings. The Balaban J connectivity index is 2.33. The van der Waals surface area contributed by atoms with Gasteiger partial charge in [-0.15, -0.1) is 0 Å². The summed E-state index contributed by atoms with van der Waals surface area (Å²) in [5, 5.41) is 3.81. The number of nitrogen functional groups attached to an aromatic ring is 1. The largest absolute Gasteiger partial charge is 0.384 e. The van der Waals surface area contributed by atoms with E-state index in [1.807, 2.05) is 32.0 Å². The van der Waals surface area contributed by atoms with E-state index in [0.717, 1.165) is 17.7 Å². The molecule has 0 spiro atoms. The molecule has 18 heavy (non-hydrogen) atoms. The first-order valence-corrected chi connectivity index (χ1v) is 6.13. The van der Waals surface area contributed by atoms with E-state index in [9.17, 15) is 0 Å². The molecule has 0 aliphatic carbocycles. The highest BCUT2D eigenvalue weighted by atomic mass is 35.5. The van der Waals surface area contributed by atoms with Crippen LogP contribution in [0.15, 0.2) is 24.3 Å². The number of benzene rings is 1. The van der Waals surface area contributed by atoms with Gasteiger partial charge in [-0.1, -0.05) is 24.6 Å². The van der Waals surface area contributed by atoms with Crippen molar-refractivity contribution in [1.82, 2.24) is 9.97 Å². The van der Waals surface area contributed by atoms with Crippen molar-refractivity contribution in [3.63, 3.8) is 0 Å². The number of anilines is 3. The molecule has 0 unspecified atom stereocenters. The number of hydrogen-bond acceptors (Lipinski definition) is 4. The van der Waals surface area contributed by atoms with Crippen LogP contribution >= 0.6 is 11.6 Å². The Labute approximate surface area is 111 Å². The maximum atomic E-state index is 6.12. The first-order valence-electron chi connectivity index (χ1n) is 5.75. The Hall–Kier alpha value is -1.81. The van der Waals surface area contributed by atoms with E-state index >= 15 is 0 Å². The maximum Gasteiger partial charge on any atom is 0.136 e. The van der Waals surface area contributed by atoms with Crippen LogP contribution in [0.1, 0.15) is 18.3 Å². The van der Waals surface area contributed by atoms with Crippen LogP contribution in [0.5, 0.6) is 0 Å². The number of aromatic nitrogens is 2. The average molecular weight is 263 g/mol.